The van der Waals surface area contributed by atoms with Crippen LogP contribution in [0, 0.1) is 23.7 Å². The molecule has 4 rings (SSSR count). The van der Waals surface area contributed by atoms with Crippen molar-refractivity contribution >= 4 is 18.6 Å². The van der Waals surface area contributed by atoms with Gasteiger partial charge >= 0.3 is 5.97 Å². The van der Waals surface area contributed by atoms with E-state index in [0.717, 1.165) is 18.3 Å². The lowest BCUT2D eigenvalue weighted by Gasteiger charge is -2.60. The van der Waals surface area contributed by atoms with Gasteiger partial charge < -0.3 is 4.74 Å². The molecule has 3 heteroatoms. The first-order valence-corrected chi connectivity index (χ1v) is 7.97. The van der Waals surface area contributed by atoms with E-state index >= 15 is 0 Å². The van der Waals surface area contributed by atoms with Crippen molar-refractivity contribution in [3.63, 3.8) is 0 Å². The first-order chi connectivity index (χ1) is 8.55. The van der Waals surface area contributed by atoms with Gasteiger partial charge in [-0.15, -0.1) is 0 Å². The predicted molar refractivity (Wildman–Crippen MR) is 74.6 cm³/mol. The maximum atomic E-state index is 12.0. The van der Waals surface area contributed by atoms with Crippen LogP contribution in [-0.4, -0.2) is 16.8 Å². The Labute approximate surface area is 115 Å². The molecule has 0 aromatic carbocycles. The van der Waals surface area contributed by atoms with Crippen LogP contribution >= 0.6 is 12.6 Å². The summed E-state index contributed by atoms with van der Waals surface area (Å²) in [6, 6.07) is 0. The van der Waals surface area contributed by atoms with Gasteiger partial charge in [0.2, 0.25) is 0 Å². The highest BCUT2D eigenvalue weighted by Crippen LogP contribution is 2.60. The van der Waals surface area contributed by atoms with Crippen molar-refractivity contribution in [1.29, 1.82) is 0 Å². The molecule has 0 amide bonds. The molecule has 0 heterocycles. The number of hydrogen-bond acceptors (Lipinski definition) is 3. The first kappa shape index (κ1) is 12.8. The van der Waals surface area contributed by atoms with Crippen LogP contribution in [0.5, 0.6) is 0 Å². The Hall–Kier alpha value is -0.180. The van der Waals surface area contributed by atoms with Crippen molar-refractivity contribution in [2.75, 3.05) is 0 Å². The molecule has 18 heavy (non-hydrogen) atoms. The largest absolute Gasteiger partial charge is 0.458 e. The molecular weight excluding hydrogens is 244 g/mol. The van der Waals surface area contributed by atoms with Gasteiger partial charge in [0.05, 0.1) is 5.25 Å². The number of thiol groups is 1. The third-order valence-corrected chi connectivity index (χ3v) is 5.92. The highest BCUT2D eigenvalue weighted by molar-refractivity contribution is 7.81. The zero-order valence-electron chi connectivity index (χ0n) is 11.4. The summed E-state index contributed by atoms with van der Waals surface area (Å²) >= 11 is 4.23. The average Bonchev–Trinajstić information content (AvgIpc) is 2.32. The second-order valence-electron chi connectivity index (χ2n) is 6.71. The Morgan fingerprint density at radius 3 is 2.11 bits per heavy atom. The highest BCUT2D eigenvalue weighted by atomic mass is 32.1. The predicted octanol–water partition coefficient (Wildman–Crippen LogP) is 3.45. The molecule has 4 fully saturated rings. The number of rotatable bonds is 3. The van der Waals surface area contributed by atoms with Crippen LogP contribution in [-0.2, 0) is 9.53 Å². The lowest BCUT2D eigenvalue weighted by Crippen LogP contribution is -2.59. The van der Waals surface area contributed by atoms with Crippen LogP contribution in [0.3, 0.4) is 0 Å². The van der Waals surface area contributed by atoms with E-state index in [4.69, 9.17) is 4.74 Å². The van der Waals surface area contributed by atoms with E-state index in [1.165, 1.54) is 32.1 Å². The summed E-state index contributed by atoms with van der Waals surface area (Å²) in [5.41, 5.74) is -0.151. The fourth-order valence-corrected chi connectivity index (χ4v) is 5.12. The van der Waals surface area contributed by atoms with Gasteiger partial charge in [0.25, 0.3) is 0 Å². The minimum atomic E-state index is -0.300. The van der Waals surface area contributed by atoms with Crippen molar-refractivity contribution in [2.24, 2.45) is 23.7 Å². The van der Waals surface area contributed by atoms with Crippen LogP contribution in [0.15, 0.2) is 0 Å². The Bertz CT molecular complexity index is 322. The summed E-state index contributed by atoms with van der Waals surface area (Å²) < 4.78 is 6.01. The van der Waals surface area contributed by atoms with E-state index in [2.05, 4.69) is 19.6 Å². The van der Waals surface area contributed by atoms with Gasteiger partial charge in [-0.05, 0) is 69.1 Å². The quantitative estimate of drug-likeness (QED) is 0.627. The van der Waals surface area contributed by atoms with Crippen molar-refractivity contribution in [3.8, 4) is 0 Å². The van der Waals surface area contributed by atoms with Crippen LogP contribution < -0.4 is 0 Å². The van der Waals surface area contributed by atoms with Gasteiger partial charge in [0.1, 0.15) is 5.60 Å². The van der Waals surface area contributed by atoms with Crippen LogP contribution in [0.25, 0.3) is 0 Å². The smallest absolute Gasteiger partial charge is 0.319 e. The minimum absolute atomic E-state index is 0.118. The third-order valence-electron chi connectivity index (χ3n) is 5.70. The van der Waals surface area contributed by atoms with Gasteiger partial charge in [0.15, 0.2) is 0 Å². The monoisotopic (exact) mass is 268 g/mol. The number of ether oxygens (including phenoxy) is 1. The van der Waals surface area contributed by atoms with E-state index in [9.17, 15) is 4.79 Å². The number of hydrogen-bond donors (Lipinski definition) is 1. The molecule has 0 aliphatic heterocycles. The molecule has 2 nitrogen and oxygen atoms in total. The first-order valence-electron chi connectivity index (χ1n) is 7.46. The zero-order chi connectivity index (χ0) is 12.9. The molecule has 4 aliphatic rings. The summed E-state index contributed by atoms with van der Waals surface area (Å²) in [6.45, 7) is 4.00. The molecule has 4 saturated carbocycles. The summed E-state index contributed by atoms with van der Waals surface area (Å²) in [5.74, 6) is 2.95. The van der Waals surface area contributed by atoms with Crippen LogP contribution in [0.2, 0.25) is 0 Å². The van der Waals surface area contributed by atoms with Gasteiger partial charge in [-0.25, -0.2) is 0 Å². The van der Waals surface area contributed by atoms with E-state index in [1.807, 2.05) is 6.92 Å². The van der Waals surface area contributed by atoms with Crippen LogP contribution in [0.4, 0.5) is 0 Å². The lowest BCUT2D eigenvalue weighted by molar-refractivity contribution is -0.210. The fourth-order valence-electron chi connectivity index (χ4n) is 5.07. The van der Waals surface area contributed by atoms with Crippen molar-refractivity contribution in [3.05, 3.63) is 0 Å². The van der Waals surface area contributed by atoms with Gasteiger partial charge in [-0.3, -0.25) is 4.79 Å². The summed E-state index contributed by atoms with van der Waals surface area (Å²) in [7, 11) is 0. The van der Waals surface area contributed by atoms with E-state index in [0.29, 0.717) is 11.8 Å². The summed E-state index contributed by atoms with van der Waals surface area (Å²) in [5, 5.41) is -0.300. The molecule has 1 unspecified atom stereocenters. The second-order valence-corrected chi connectivity index (χ2v) is 7.48. The lowest BCUT2D eigenvalue weighted by atomic mass is 9.49. The molecule has 0 radical (unpaired) electrons. The Balaban J connectivity index is 1.85. The molecule has 102 valence electrons. The maximum absolute atomic E-state index is 12.0. The van der Waals surface area contributed by atoms with Gasteiger partial charge in [0, 0.05) is 0 Å². The molecule has 0 N–H and O–H groups in total. The molecule has 0 aromatic rings. The Kier molecular flexibility index (Phi) is 3.16. The highest BCUT2D eigenvalue weighted by Gasteiger charge is 2.58. The molecular formula is C15H24O2S. The van der Waals surface area contributed by atoms with Crippen LogP contribution in [0.1, 0.15) is 52.4 Å². The fraction of sp³-hybridized carbons (Fsp3) is 0.933. The number of esters is 1. The van der Waals surface area contributed by atoms with Crippen molar-refractivity contribution in [2.45, 2.75) is 63.2 Å². The molecule has 4 aliphatic carbocycles. The van der Waals surface area contributed by atoms with Crippen molar-refractivity contribution in [1.82, 2.24) is 0 Å². The Morgan fingerprint density at radius 1 is 1.22 bits per heavy atom. The van der Waals surface area contributed by atoms with E-state index in [-0.39, 0.29) is 16.8 Å². The number of carbonyl (C=O) groups excluding carboxylic acids is 1. The van der Waals surface area contributed by atoms with E-state index in [1.54, 1.807) is 0 Å². The third kappa shape index (κ3) is 1.81. The normalized spacial score (nSPS) is 47.1. The molecule has 4 bridgehead atoms. The zero-order valence-corrected chi connectivity index (χ0v) is 12.3. The molecule has 0 spiro atoms. The molecule has 0 aromatic heterocycles. The average molecular weight is 268 g/mol. The summed E-state index contributed by atoms with van der Waals surface area (Å²) in [6.07, 6.45) is 7.56. The van der Waals surface area contributed by atoms with Gasteiger partial charge in [-0.2, -0.15) is 12.6 Å². The van der Waals surface area contributed by atoms with Crippen molar-refractivity contribution < 1.29 is 9.53 Å². The minimum Gasteiger partial charge on any atom is -0.458 e. The molecule has 0 saturated heterocycles. The summed E-state index contributed by atoms with van der Waals surface area (Å²) in [4.78, 5) is 12.0. The standard InChI is InChI=1S/C15H24O2S/c1-3-15(17-14(16)9(2)18)12-5-10-4-11(7-12)8-13(15)6-10/h9-13,18H,3-8H2,1-2H3. The molecule has 1 atom stereocenters. The number of carbonyl (C=O) groups is 1. The maximum Gasteiger partial charge on any atom is 0.319 e. The SMILES string of the molecule is CCC1(OC(=O)C(C)S)C2CC3CC(C2)CC1C3. The van der Waals surface area contributed by atoms with Gasteiger partial charge in [-0.1, -0.05) is 6.92 Å². The Morgan fingerprint density at radius 2 is 1.72 bits per heavy atom. The topological polar surface area (TPSA) is 26.3 Å². The van der Waals surface area contributed by atoms with E-state index < -0.39 is 0 Å². The second kappa shape index (κ2) is 4.43.